The number of hydrogen-bond acceptors (Lipinski definition) is 3. The Kier molecular flexibility index (Phi) is 2.96. The van der Waals surface area contributed by atoms with Crippen LogP contribution in [0.5, 0.6) is 0 Å². The first-order valence-electron chi connectivity index (χ1n) is 5.24. The van der Waals surface area contributed by atoms with Gasteiger partial charge in [0.2, 0.25) is 0 Å². The summed E-state index contributed by atoms with van der Waals surface area (Å²) in [7, 11) is 0. The van der Waals surface area contributed by atoms with E-state index < -0.39 is 0 Å². The summed E-state index contributed by atoms with van der Waals surface area (Å²) in [6.07, 6.45) is 7.38. The van der Waals surface area contributed by atoms with Gasteiger partial charge in [0.15, 0.2) is 6.29 Å². The molecule has 1 aliphatic rings. The second-order valence-corrected chi connectivity index (χ2v) is 5.18. The molecule has 76 valence electrons. The van der Waals surface area contributed by atoms with Crippen LogP contribution in [-0.2, 0) is 0 Å². The molecule has 0 saturated heterocycles. The molecule has 1 aromatic rings. The molecule has 0 N–H and O–H groups in total. The van der Waals surface area contributed by atoms with Gasteiger partial charge in [-0.3, -0.25) is 4.79 Å². The van der Waals surface area contributed by atoms with Crippen molar-refractivity contribution in [3.8, 4) is 0 Å². The Morgan fingerprint density at radius 3 is 2.64 bits per heavy atom. The molecule has 0 radical (unpaired) electrons. The minimum atomic E-state index is 0.626. The van der Waals surface area contributed by atoms with E-state index in [0.717, 1.165) is 11.2 Å². The highest BCUT2D eigenvalue weighted by Crippen LogP contribution is 2.35. The monoisotopic (exact) mass is 209 g/mol. The van der Waals surface area contributed by atoms with Crippen LogP contribution in [0.1, 0.15) is 58.4 Å². The summed E-state index contributed by atoms with van der Waals surface area (Å²) in [5.74, 6) is 0.626. The summed E-state index contributed by atoms with van der Waals surface area (Å²) in [6, 6.07) is 0. The van der Waals surface area contributed by atoms with Crippen LogP contribution in [0, 0.1) is 6.92 Å². The van der Waals surface area contributed by atoms with Crippen LogP contribution in [0.15, 0.2) is 0 Å². The molecule has 14 heavy (non-hydrogen) atoms. The quantitative estimate of drug-likeness (QED) is 0.699. The third kappa shape index (κ3) is 1.87. The summed E-state index contributed by atoms with van der Waals surface area (Å²) in [5.41, 5.74) is 0.649. The number of aldehydes is 1. The molecular weight excluding hydrogens is 194 g/mol. The van der Waals surface area contributed by atoms with Gasteiger partial charge in [0.25, 0.3) is 0 Å². The lowest BCUT2D eigenvalue weighted by Crippen LogP contribution is -2.04. The van der Waals surface area contributed by atoms with Crippen molar-refractivity contribution in [2.75, 3.05) is 0 Å². The molecule has 0 atom stereocenters. The Hall–Kier alpha value is -0.700. The lowest BCUT2D eigenvalue weighted by atomic mass is 9.90. The molecule has 0 spiro atoms. The van der Waals surface area contributed by atoms with E-state index in [1.54, 1.807) is 11.3 Å². The SMILES string of the molecule is Cc1sc(C2CCCCC2)nc1C=O. The predicted octanol–water partition coefficient (Wildman–Crippen LogP) is 3.31. The molecule has 1 heterocycles. The minimum Gasteiger partial charge on any atom is -0.296 e. The van der Waals surface area contributed by atoms with E-state index in [9.17, 15) is 4.79 Å². The van der Waals surface area contributed by atoms with E-state index in [2.05, 4.69) is 4.98 Å². The van der Waals surface area contributed by atoms with Crippen molar-refractivity contribution in [2.45, 2.75) is 44.9 Å². The lowest BCUT2D eigenvalue weighted by molar-refractivity contribution is 0.111. The van der Waals surface area contributed by atoms with Gasteiger partial charge in [-0.1, -0.05) is 19.3 Å². The number of hydrogen-bond donors (Lipinski definition) is 0. The van der Waals surface area contributed by atoms with E-state index in [1.165, 1.54) is 37.1 Å². The van der Waals surface area contributed by atoms with Crippen LogP contribution in [-0.4, -0.2) is 11.3 Å². The standard InChI is InChI=1S/C11H15NOS/c1-8-10(7-13)12-11(14-8)9-5-3-2-4-6-9/h7,9H,2-6H2,1H3. The van der Waals surface area contributed by atoms with Gasteiger partial charge in [0.1, 0.15) is 5.69 Å². The number of thiazole rings is 1. The smallest absolute Gasteiger partial charge is 0.169 e. The van der Waals surface area contributed by atoms with Gasteiger partial charge in [-0.15, -0.1) is 11.3 Å². The molecule has 0 bridgehead atoms. The van der Waals surface area contributed by atoms with Crippen LogP contribution < -0.4 is 0 Å². The second-order valence-electron chi connectivity index (χ2n) is 3.95. The molecule has 2 rings (SSSR count). The molecule has 1 aromatic heterocycles. The molecule has 1 saturated carbocycles. The normalized spacial score (nSPS) is 18.4. The third-order valence-electron chi connectivity index (χ3n) is 2.92. The van der Waals surface area contributed by atoms with Crippen LogP contribution in [0.2, 0.25) is 0 Å². The zero-order valence-electron chi connectivity index (χ0n) is 8.45. The van der Waals surface area contributed by atoms with E-state index in [4.69, 9.17) is 0 Å². The van der Waals surface area contributed by atoms with Crippen molar-refractivity contribution in [3.05, 3.63) is 15.6 Å². The van der Waals surface area contributed by atoms with Crippen molar-refractivity contribution in [2.24, 2.45) is 0 Å². The lowest BCUT2D eigenvalue weighted by Gasteiger charge is -2.18. The fraction of sp³-hybridized carbons (Fsp3) is 0.636. The summed E-state index contributed by atoms with van der Waals surface area (Å²) in [6.45, 7) is 1.98. The molecule has 0 aliphatic heterocycles. The topological polar surface area (TPSA) is 30.0 Å². The summed E-state index contributed by atoms with van der Waals surface area (Å²) < 4.78 is 0. The molecule has 1 aliphatic carbocycles. The Labute approximate surface area is 88.4 Å². The summed E-state index contributed by atoms with van der Waals surface area (Å²) in [4.78, 5) is 16.1. The van der Waals surface area contributed by atoms with E-state index in [-0.39, 0.29) is 0 Å². The Balaban J connectivity index is 2.18. The maximum absolute atomic E-state index is 10.7. The van der Waals surface area contributed by atoms with Gasteiger partial charge in [-0.25, -0.2) is 4.98 Å². The zero-order chi connectivity index (χ0) is 9.97. The number of aromatic nitrogens is 1. The van der Waals surface area contributed by atoms with Gasteiger partial charge < -0.3 is 0 Å². The zero-order valence-corrected chi connectivity index (χ0v) is 9.27. The molecule has 0 amide bonds. The molecule has 2 nitrogen and oxygen atoms in total. The summed E-state index contributed by atoms with van der Waals surface area (Å²) in [5, 5.41) is 1.18. The van der Waals surface area contributed by atoms with Gasteiger partial charge in [-0.05, 0) is 19.8 Å². The minimum absolute atomic E-state index is 0.626. The largest absolute Gasteiger partial charge is 0.296 e. The van der Waals surface area contributed by atoms with E-state index in [0.29, 0.717) is 11.6 Å². The second kappa shape index (κ2) is 4.22. The Morgan fingerprint density at radius 2 is 2.07 bits per heavy atom. The van der Waals surface area contributed by atoms with Crippen LogP contribution >= 0.6 is 11.3 Å². The van der Waals surface area contributed by atoms with E-state index in [1.807, 2.05) is 6.92 Å². The van der Waals surface area contributed by atoms with Crippen LogP contribution in [0.25, 0.3) is 0 Å². The fourth-order valence-corrected chi connectivity index (χ4v) is 3.12. The number of aryl methyl sites for hydroxylation is 1. The van der Waals surface area contributed by atoms with Crippen LogP contribution in [0.4, 0.5) is 0 Å². The Bertz CT molecular complexity index is 326. The molecule has 3 heteroatoms. The van der Waals surface area contributed by atoms with Gasteiger partial charge in [0, 0.05) is 10.8 Å². The Morgan fingerprint density at radius 1 is 1.36 bits per heavy atom. The number of carbonyl (C=O) groups is 1. The van der Waals surface area contributed by atoms with Crippen molar-refractivity contribution >= 4 is 17.6 Å². The molecule has 0 aromatic carbocycles. The number of rotatable bonds is 2. The molecule has 1 fully saturated rings. The highest BCUT2D eigenvalue weighted by molar-refractivity contribution is 7.11. The molecule has 0 unspecified atom stereocenters. The molecular formula is C11H15NOS. The van der Waals surface area contributed by atoms with Crippen LogP contribution in [0.3, 0.4) is 0 Å². The maximum atomic E-state index is 10.7. The van der Waals surface area contributed by atoms with Crippen molar-refractivity contribution < 1.29 is 4.79 Å². The average molecular weight is 209 g/mol. The van der Waals surface area contributed by atoms with Crippen molar-refractivity contribution in [1.82, 2.24) is 4.98 Å². The highest BCUT2D eigenvalue weighted by Gasteiger charge is 2.19. The third-order valence-corrected chi connectivity index (χ3v) is 4.06. The summed E-state index contributed by atoms with van der Waals surface area (Å²) >= 11 is 1.70. The predicted molar refractivity (Wildman–Crippen MR) is 58.1 cm³/mol. The average Bonchev–Trinajstić information content (AvgIpc) is 2.61. The first-order valence-corrected chi connectivity index (χ1v) is 6.05. The van der Waals surface area contributed by atoms with Gasteiger partial charge in [0.05, 0.1) is 5.01 Å². The fourth-order valence-electron chi connectivity index (χ4n) is 2.06. The maximum Gasteiger partial charge on any atom is 0.169 e. The highest BCUT2D eigenvalue weighted by atomic mass is 32.1. The van der Waals surface area contributed by atoms with Crippen molar-refractivity contribution in [3.63, 3.8) is 0 Å². The number of nitrogens with zero attached hydrogens (tertiary/aromatic N) is 1. The first kappa shape index (κ1) is 9.84. The first-order chi connectivity index (χ1) is 6.81. The van der Waals surface area contributed by atoms with Gasteiger partial charge >= 0.3 is 0 Å². The number of carbonyl (C=O) groups excluding carboxylic acids is 1. The van der Waals surface area contributed by atoms with Gasteiger partial charge in [-0.2, -0.15) is 0 Å². The van der Waals surface area contributed by atoms with E-state index >= 15 is 0 Å². The van der Waals surface area contributed by atoms with Crippen molar-refractivity contribution in [1.29, 1.82) is 0 Å².